The van der Waals surface area contributed by atoms with Crippen molar-refractivity contribution in [3.63, 3.8) is 0 Å². The minimum atomic E-state index is -3.53. The molecule has 1 aromatic heterocycles. The average molecular weight is 532 g/mol. The molecule has 36 heavy (non-hydrogen) atoms. The number of anilines is 1. The van der Waals surface area contributed by atoms with Gasteiger partial charge in [0.2, 0.25) is 10.0 Å². The largest absolute Gasteiger partial charge is 0.390 e. The lowest BCUT2D eigenvalue weighted by molar-refractivity contribution is 0.0470. The molecule has 1 heterocycles. The van der Waals surface area contributed by atoms with Crippen molar-refractivity contribution >= 4 is 38.3 Å². The monoisotopic (exact) mass is 531 g/mol. The van der Waals surface area contributed by atoms with Crippen LogP contribution >= 0.6 is 11.3 Å². The van der Waals surface area contributed by atoms with E-state index in [1.807, 2.05) is 43.3 Å². The molecule has 192 valence electrons. The molecule has 0 spiro atoms. The van der Waals surface area contributed by atoms with Crippen LogP contribution < -0.4 is 15.5 Å². The highest BCUT2D eigenvalue weighted by atomic mass is 32.2. The van der Waals surface area contributed by atoms with Crippen LogP contribution in [0.4, 0.5) is 5.13 Å². The van der Waals surface area contributed by atoms with Crippen molar-refractivity contribution < 1.29 is 23.1 Å². The number of nitrogens with one attached hydrogen (secondary N) is 3. The third-order valence-electron chi connectivity index (χ3n) is 5.17. The summed E-state index contributed by atoms with van der Waals surface area (Å²) in [5.41, 5.74) is 4.20. The molecule has 0 aliphatic heterocycles. The standard InChI is InChI=1S/C24H29N5O5S2/c1-3-29(27-22(31)18-12-8-5-9-13-18)15-21(30)19(14-17-10-6-4-7-11-17)25-23(32)20-16-35-24(26-20)28-36(2,33)34/h4-13,16,19,21,30H,3,14-15H2,1-2H3,(H,25,32)(H,26,28)(H,27,31)/t19-,21-/m0/s1. The maximum atomic E-state index is 12.9. The van der Waals surface area contributed by atoms with E-state index < -0.39 is 28.1 Å². The fraction of sp³-hybridized carbons (Fsp3) is 0.292. The normalized spacial score (nSPS) is 13.1. The Morgan fingerprint density at radius 3 is 2.31 bits per heavy atom. The minimum absolute atomic E-state index is 0.0288. The van der Waals surface area contributed by atoms with Gasteiger partial charge in [0.1, 0.15) is 5.69 Å². The molecular formula is C24H29N5O5S2. The Morgan fingerprint density at radius 1 is 1.06 bits per heavy atom. The number of hydrogen-bond donors (Lipinski definition) is 4. The van der Waals surface area contributed by atoms with Crippen LogP contribution in [0, 0.1) is 0 Å². The molecule has 2 atom stereocenters. The van der Waals surface area contributed by atoms with E-state index in [4.69, 9.17) is 0 Å². The predicted octanol–water partition coefficient (Wildman–Crippen LogP) is 1.88. The summed E-state index contributed by atoms with van der Waals surface area (Å²) < 4.78 is 25.1. The molecule has 2 amide bonds. The van der Waals surface area contributed by atoms with E-state index >= 15 is 0 Å². The third kappa shape index (κ3) is 8.41. The molecule has 10 nitrogen and oxygen atoms in total. The van der Waals surface area contributed by atoms with Gasteiger partial charge < -0.3 is 10.4 Å². The Kier molecular flexibility index (Phi) is 9.53. The highest BCUT2D eigenvalue weighted by Crippen LogP contribution is 2.17. The highest BCUT2D eigenvalue weighted by Gasteiger charge is 2.26. The Bertz CT molecular complexity index is 1250. The fourth-order valence-corrected chi connectivity index (χ4v) is 4.93. The summed E-state index contributed by atoms with van der Waals surface area (Å²) in [6.07, 6.45) is 0.282. The number of aliphatic hydroxyl groups excluding tert-OH is 1. The smallest absolute Gasteiger partial charge is 0.271 e. The second-order valence-corrected chi connectivity index (χ2v) is 10.7. The lowest BCUT2D eigenvalue weighted by Gasteiger charge is -2.29. The number of amides is 2. The molecule has 0 bridgehead atoms. The van der Waals surface area contributed by atoms with Gasteiger partial charge >= 0.3 is 0 Å². The van der Waals surface area contributed by atoms with Gasteiger partial charge in [-0.05, 0) is 24.1 Å². The number of likely N-dealkylation sites (N-methyl/N-ethyl adjacent to an activating group) is 1. The van der Waals surface area contributed by atoms with Crippen molar-refractivity contribution in [2.45, 2.75) is 25.5 Å². The summed E-state index contributed by atoms with van der Waals surface area (Å²) in [5.74, 6) is -0.856. The number of thiazole rings is 1. The van der Waals surface area contributed by atoms with E-state index in [2.05, 4.69) is 20.4 Å². The summed E-state index contributed by atoms with van der Waals surface area (Å²) in [6.45, 7) is 2.33. The molecule has 3 rings (SSSR count). The number of benzene rings is 2. The summed E-state index contributed by atoms with van der Waals surface area (Å²) in [6, 6.07) is 17.4. The van der Waals surface area contributed by atoms with E-state index in [1.54, 1.807) is 29.3 Å². The van der Waals surface area contributed by atoms with Gasteiger partial charge in [0.25, 0.3) is 11.8 Å². The summed E-state index contributed by atoms with van der Waals surface area (Å²) >= 11 is 0.983. The molecule has 0 aliphatic carbocycles. The van der Waals surface area contributed by atoms with Crippen LogP contribution in [0.15, 0.2) is 66.0 Å². The molecule has 2 aromatic carbocycles. The zero-order valence-corrected chi connectivity index (χ0v) is 21.6. The van der Waals surface area contributed by atoms with Gasteiger partial charge in [-0.3, -0.25) is 19.7 Å². The van der Waals surface area contributed by atoms with Gasteiger partial charge in [-0.1, -0.05) is 55.5 Å². The quantitative estimate of drug-likeness (QED) is 0.262. The Hall–Kier alpha value is -3.32. The van der Waals surface area contributed by atoms with Crippen molar-refractivity contribution in [2.75, 3.05) is 24.1 Å². The first kappa shape index (κ1) is 27.3. The van der Waals surface area contributed by atoms with Gasteiger partial charge in [0.05, 0.1) is 18.4 Å². The maximum Gasteiger partial charge on any atom is 0.271 e. The van der Waals surface area contributed by atoms with Gasteiger partial charge in [-0.25, -0.2) is 18.4 Å². The zero-order valence-electron chi connectivity index (χ0n) is 19.9. The Labute approximate surface area is 214 Å². The topological polar surface area (TPSA) is 141 Å². The van der Waals surface area contributed by atoms with E-state index in [0.29, 0.717) is 18.5 Å². The van der Waals surface area contributed by atoms with Crippen molar-refractivity contribution in [3.05, 3.63) is 82.9 Å². The molecule has 3 aromatic rings. The van der Waals surface area contributed by atoms with Gasteiger partial charge in [-0.15, -0.1) is 11.3 Å². The molecule has 0 unspecified atom stereocenters. The first-order valence-electron chi connectivity index (χ1n) is 11.2. The third-order valence-corrected chi connectivity index (χ3v) is 6.62. The number of aromatic nitrogens is 1. The van der Waals surface area contributed by atoms with Crippen LogP contribution in [0.3, 0.4) is 0 Å². The minimum Gasteiger partial charge on any atom is -0.390 e. The summed E-state index contributed by atoms with van der Waals surface area (Å²) in [5, 5.41) is 17.0. The number of carbonyl (C=O) groups is 2. The molecule has 12 heteroatoms. The lowest BCUT2D eigenvalue weighted by Crippen LogP contribution is -2.53. The molecule has 0 fully saturated rings. The zero-order chi connectivity index (χ0) is 26.1. The van der Waals surface area contributed by atoms with Gasteiger partial charge in [-0.2, -0.15) is 0 Å². The molecule has 0 saturated heterocycles. The average Bonchev–Trinajstić information content (AvgIpc) is 3.31. The van der Waals surface area contributed by atoms with Crippen molar-refractivity contribution in [1.29, 1.82) is 0 Å². The van der Waals surface area contributed by atoms with Crippen LogP contribution in [0.2, 0.25) is 0 Å². The van der Waals surface area contributed by atoms with Crippen LogP contribution in [-0.2, 0) is 16.4 Å². The second-order valence-electron chi connectivity index (χ2n) is 8.09. The van der Waals surface area contributed by atoms with Crippen LogP contribution in [-0.4, -0.2) is 66.8 Å². The SMILES string of the molecule is CCN(C[C@H](O)[C@H](Cc1ccccc1)NC(=O)c1csc(NS(C)(=O)=O)n1)NC(=O)c1ccccc1. The molecule has 0 aliphatic rings. The molecule has 0 saturated carbocycles. The van der Waals surface area contributed by atoms with Crippen molar-refractivity contribution in [2.24, 2.45) is 0 Å². The van der Waals surface area contributed by atoms with E-state index in [0.717, 1.165) is 23.2 Å². The van der Waals surface area contributed by atoms with E-state index in [1.165, 1.54) is 5.38 Å². The summed E-state index contributed by atoms with van der Waals surface area (Å²) in [4.78, 5) is 29.5. The molecular weight excluding hydrogens is 502 g/mol. The number of carbonyl (C=O) groups excluding carboxylic acids is 2. The van der Waals surface area contributed by atoms with Crippen molar-refractivity contribution in [3.8, 4) is 0 Å². The maximum absolute atomic E-state index is 12.9. The number of hydrazine groups is 1. The summed E-state index contributed by atoms with van der Waals surface area (Å²) in [7, 11) is -3.53. The number of sulfonamides is 1. The Balaban J connectivity index is 1.72. The first-order valence-corrected chi connectivity index (χ1v) is 14.0. The Morgan fingerprint density at radius 2 is 1.69 bits per heavy atom. The van der Waals surface area contributed by atoms with Crippen LogP contribution in [0.25, 0.3) is 0 Å². The van der Waals surface area contributed by atoms with Gasteiger partial charge in [0, 0.05) is 24.0 Å². The van der Waals surface area contributed by atoms with Gasteiger partial charge in [0.15, 0.2) is 5.13 Å². The van der Waals surface area contributed by atoms with E-state index in [-0.39, 0.29) is 23.3 Å². The van der Waals surface area contributed by atoms with E-state index in [9.17, 15) is 23.1 Å². The highest BCUT2D eigenvalue weighted by molar-refractivity contribution is 7.92. The molecule has 4 N–H and O–H groups in total. The first-order chi connectivity index (χ1) is 17.1. The van der Waals surface area contributed by atoms with Crippen molar-refractivity contribution in [1.82, 2.24) is 20.7 Å². The number of hydrogen-bond acceptors (Lipinski definition) is 8. The lowest BCUT2D eigenvalue weighted by atomic mass is 10.0. The van der Waals surface area contributed by atoms with Crippen LogP contribution in [0.5, 0.6) is 0 Å². The number of aliphatic hydroxyl groups is 1. The number of nitrogens with zero attached hydrogens (tertiary/aromatic N) is 2. The fourth-order valence-electron chi connectivity index (χ4n) is 3.38. The molecule has 0 radical (unpaired) electrons. The number of rotatable bonds is 12. The predicted molar refractivity (Wildman–Crippen MR) is 139 cm³/mol. The van der Waals surface area contributed by atoms with Crippen LogP contribution in [0.1, 0.15) is 33.3 Å². The second kappa shape index (κ2) is 12.6.